The molecule has 2 rings (SSSR count). The molecule has 0 radical (unpaired) electrons. The molecule has 0 unspecified atom stereocenters. The summed E-state index contributed by atoms with van der Waals surface area (Å²) >= 11 is 0. The fraction of sp³-hybridized carbons (Fsp3) is 0.538. The average Bonchev–Trinajstić information content (AvgIpc) is 2.66. The minimum Gasteiger partial charge on any atom is -0.379 e. The molecule has 0 amide bonds. The van der Waals surface area contributed by atoms with E-state index in [9.17, 15) is 22.7 Å². The van der Waals surface area contributed by atoms with Crippen LogP contribution in [-0.2, 0) is 6.54 Å². The summed E-state index contributed by atoms with van der Waals surface area (Å²) in [5, 5.41) is 9.56. The molecule has 6 heteroatoms. The van der Waals surface area contributed by atoms with Crippen LogP contribution in [0.25, 0.3) is 0 Å². The Balaban J connectivity index is 2.09. The average molecular weight is 277 g/mol. The third-order valence-corrected chi connectivity index (χ3v) is 3.56. The number of benzene rings is 1. The first kappa shape index (κ1) is 14.3. The number of hydrogen-bond donors (Lipinski definition) is 1. The molecule has 106 valence electrons. The second-order valence-electron chi connectivity index (χ2n) is 5.06. The van der Waals surface area contributed by atoms with E-state index in [-0.39, 0.29) is 19.5 Å². The fourth-order valence-corrected chi connectivity index (χ4v) is 2.29. The standard InChI is InChI=1S/C13H15F4NO/c1-9-2-3-11(14)6-10(9)7-18-5-4-12(19,8-18)13(15,16)17/h2-3,6,19H,4-5,7-8H2,1H3/t12-/m0/s1. The number of aliphatic hydroxyl groups is 1. The van der Waals surface area contributed by atoms with E-state index in [1.807, 2.05) is 0 Å². The molecule has 1 aliphatic rings. The van der Waals surface area contributed by atoms with Gasteiger partial charge in [0.2, 0.25) is 0 Å². The lowest BCUT2D eigenvalue weighted by molar-refractivity contribution is -0.254. The van der Waals surface area contributed by atoms with E-state index >= 15 is 0 Å². The zero-order valence-corrected chi connectivity index (χ0v) is 10.5. The molecule has 1 fully saturated rings. The summed E-state index contributed by atoms with van der Waals surface area (Å²) in [4.78, 5) is 1.50. The Labute approximate surface area is 108 Å². The van der Waals surface area contributed by atoms with Crippen LogP contribution < -0.4 is 0 Å². The largest absolute Gasteiger partial charge is 0.418 e. The lowest BCUT2D eigenvalue weighted by atomic mass is 10.0. The summed E-state index contributed by atoms with van der Waals surface area (Å²) in [5.41, 5.74) is -1.18. The van der Waals surface area contributed by atoms with Crippen LogP contribution in [0.3, 0.4) is 0 Å². The molecular formula is C13H15F4NO. The molecule has 1 aromatic rings. The maximum Gasteiger partial charge on any atom is 0.418 e. The minimum absolute atomic E-state index is 0.145. The monoisotopic (exact) mass is 277 g/mol. The third-order valence-electron chi connectivity index (χ3n) is 3.56. The summed E-state index contributed by atoms with van der Waals surface area (Å²) in [6.07, 6.45) is -4.97. The maximum atomic E-state index is 13.1. The normalized spacial score (nSPS) is 24.9. The van der Waals surface area contributed by atoms with Gasteiger partial charge in [-0.2, -0.15) is 13.2 Å². The van der Waals surface area contributed by atoms with Crippen molar-refractivity contribution in [3.8, 4) is 0 Å². The molecule has 1 N–H and O–H groups in total. The highest BCUT2D eigenvalue weighted by Gasteiger charge is 2.56. The molecule has 2 nitrogen and oxygen atoms in total. The van der Waals surface area contributed by atoms with Crippen LogP contribution in [0.15, 0.2) is 18.2 Å². The highest BCUT2D eigenvalue weighted by molar-refractivity contribution is 5.26. The van der Waals surface area contributed by atoms with Crippen molar-refractivity contribution in [2.24, 2.45) is 0 Å². The molecule has 1 saturated heterocycles. The van der Waals surface area contributed by atoms with Gasteiger partial charge in [0.25, 0.3) is 0 Å². The van der Waals surface area contributed by atoms with Gasteiger partial charge in [0.15, 0.2) is 5.60 Å². The summed E-state index contributed by atoms with van der Waals surface area (Å²) in [6, 6.07) is 4.23. The van der Waals surface area contributed by atoms with Crippen molar-refractivity contribution in [1.29, 1.82) is 0 Å². The molecule has 1 aliphatic heterocycles. The van der Waals surface area contributed by atoms with Gasteiger partial charge < -0.3 is 5.11 Å². The van der Waals surface area contributed by atoms with Crippen LogP contribution in [0.2, 0.25) is 0 Å². The van der Waals surface area contributed by atoms with Crippen LogP contribution in [0.5, 0.6) is 0 Å². The zero-order valence-electron chi connectivity index (χ0n) is 10.5. The summed E-state index contributed by atoms with van der Waals surface area (Å²) in [7, 11) is 0. The number of nitrogens with zero attached hydrogens (tertiary/aromatic N) is 1. The Hall–Kier alpha value is -1.14. The number of hydrogen-bond acceptors (Lipinski definition) is 2. The highest BCUT2D eigenvalue weighted by Crippen LogP contribution is 2.38. The minimum atomic E-state index is -4.63. The molecule has 0 saturated carbocycles. The van der Waals surface area contributed by atoms with Crippen molar-refractivity contribution in [2.75, 3.05) is 13.1 Å². The first-order valence-corrected chi connectivity index (χ1v) is 5.98. The Kier molecular flexibility index (Phi) is 3.57. The van der Waals surface area contributed by atoms with E-state index in [2.05, 4.69) is 0 Å². The predicted octanol–water partition coefficient (Wildman–Crippen LogP) is 2.63. The van der Waals surface area contributed by atoms with E-state index in [0.717, 1.165) is 5.56 Å². The van der Waals surface area contributed by atoms with Crippen molar-refractivity contribution >= 4 is 0 Å². The van der Waals surface area contributed by atoms with Crippen molar-refractivity contribution < 1.29 is 22.7 Å². The zero-order chi connectivity index (χ0) is 14.3. The molecule has 0 aromatic heterocycles. The quantitative estimate of drug-likeness (QED) is 0.840. The van der Waals surface area contributed by atoms with E-state index in [1.165, 1.54) is 17.0 Å². The first-order chi connectivity index (χ1) is 8.71. The van der Waals surface area contributed by atoms with Gasteiger partial charge in [0.05, 0.1) is 0 Å². The van der Waals surface area contributed by atoms with Gasteiger partial charge in [0, 0.05) is 19.6 Å². The molecule has 1 atom stereocenters. The van der Waals surface area contributed by atoms with Crippen LogP contribution in [0.4, 0.5) is 17.6 Å². The van der Waals surface area contributed by atoms with Gasteiger partial charge in [-0.15, -0.1) is 0 Å². The Morgan fingerprint density at radius 3 is 2.63 bits per heavy atom. The van der Waals surface area contributed by atoms with Gasteiger partial charge >= 0.3 is 6.18 Å². The molecule has 1 aromatic carbocycles. The van der Waals surface area contributed by atoms with Gasteiger partial charge in [-0.3, -0.25) is 4.90 Å². The molecule has 1 heterocycles. The van der Waals surface area contributed by atoms with Crippen molar-refractivity contribution in [3.05, 3.63) is 35.1 Å². The Bertz CT molecular complexity index is 474. The van der Waals surface area contributed by atoms with E-state index in [4.69, 9.17) is 0 Å². The van der Waals surface area contributed by atoms with Crippen LogP contribution in [0.1, 0.15) is 17.5 Å². The van der Waals surface area contributed by atoms with E-state index in [1.54, 1.807) is 13.0 Å². The van der Waals surface area contributed by atoms with Crippen LogP contribution in [-0.4, -0.2) is 34.9 Å². The molecule has 0 aliphatic carbocycles. The van der Waals surface area contributed by atoms with Crippen LogP contribution in [0, 0.1) is 12.7 Å². The first-order valence-electron chi connectivity index (χ1n) is 5.98. The second kappa shape index (κ2) is 4.76. The van der Waals surface area contributed by atoms with Gasteiger partial charge in [-0.25, -0.2) is 4.39 Å². The predicted molar refractivity (Wildman–Crippen MR) is 62.0 cm³/mol. The lowest BCUT2D eigenvalue weighted by Crippen LogP contribution is -2.47. The number of rotatable bonds is 2. The van der Waals surface area contributed by atoms with Gasteiger partial charge in [-0.1, -0.05) is 6.07 Å². The third kappa shape index (κ3) is 2.90. The number of alkyl halides is 3. The molecule has 0 spiro atoms. The summed E-state index contributed by atoms with van der Waals surface area (Å²) < 4.78 is 51.1. The van der Waals surface area contributed by atoms with Crippen LogP contribution >= 0.6 is 0 Å². The molecule has 19 heavy (non-hydrogen) atoms. The number of likely N-dealkylation sites (tertiary alicyclic amines) is 1. The van der Waals surface area contributed by atoms with Crippen molar-refractivity contribution in [2.45, 2.75) is 31.7 Å². The summed E-state index contributed by atoms with van der Waals surface area (Å²) in [5.74, 6) is -0.411. The maximum absolute atomic E-state index is 13.1. The molecular weight excluding hydrogens is 262 g/mol. The Morgan fingerprint density at radius 2 is 2.05 bits per heavy atom. The van der Waals surface area contributed by atoms with Gasteiger partial charge in [0.1, 0.15) is 5.82 Å². The smallest absolute Gasteiger partial charge is 0.379 e. The number of β-amino-alcohol motifs (C(OH)–C–C–N with tert-alkyl or cyclic N) is 1. The Morgan fingerprint density at radius 1 is 1.37 bits per heavy atom. The summed E-state index contributed by atoms with van der Waals surface area (Å²) in [6.45, 7) is 1.67. The highest BCUT2D eigenvalue weighted by atomic mass is 19.4. The topological polar surface area (TPSA) is 23.5 Å². The fourth-order valence-electron chi connectivity index (χ4n) is 2.29. The van der Waals surface area contributed by atoms with E-state index < -0.39 is 24.1 Å². The van der Waals surface area contributed by atoms with Crippen molar-refractivity contribution in [3.63, 3.8) is 0 Å². The lowest BCUT2D eigenvalue weighted by Gasteiger charge is -2.26. The second-order valence-corrected chi connectivity index (χ2v) is 5.06. The van der Waals surface area contributed by atoms with E-state index in [0.29, 0.717) is 5.56 Å². The number of aryl methyl sites for hydroxylation is 1. The van der Waals surface area contributed by atoms with Crippen molar-refractivity contribution in [1.82, 2.24) is 4.90 Å². The number of halogens is 4. The molecule has 0 bridgehead atoms. The van der Waals surface area contributed by atoms with Gasteiger partial charge in [-0.05, 0) is 36.6 Å². The SMILES string of the molecule is Cc1ccc(F)cc1CN1CC[C@@](O)(C(F)(F)F)C1.